The van der Waals surface area contributed by atoms with E-state index in [0.717, 1.165) is 27.9 Å². The zero-order valence-electron chi connectivity index (χ0n) is 14.0. The lowest BCUT2D eigenvalue weighted by molar-refractivity contribution is -0.115. The van der Waals surface area contributed by atoms with Gasteiger partial charge in [0.1, 0.15) is 0 Å². The summed E-state index contributed by atoms with van der Waals surface area (Å²) in [6.45, 7) is 6.17. The van der Waals surface area contributed by atoms with Crippen molar-refractivity contribution >= 4 is 22.4 Å². The maximum absolute atomic E-state index is 12.4. The van der Waals surface area contributed by atoms with Crippen LogP contribution in [0.4, 0.5) is 5.13 Å². The fraction of sp³-hybridized carbons (Fsp3) is 0.211. The lowest BCUT2D eigenvalue weighted by atomic mass is 9.97. The molecule has 0 saturated carbocycles. The Labute approximate surface area is 145 Å². The van der Waals surface area contributed by atoms with Crippen LogP contribution in [0.25, 0.3) is 11.3 Å². The first-order chi connectivity index (χ1) is 11.5. The highest BCUT2D eigenvalue weighted by atomic mass is 32.1. The summed E-state index contributed by atoms with van der Waals surface area (Å²) in [4.78, 5) is 20.8. The van der Waals surface area contributed by atoms with E-state index in [1.807, 2.05) is 31.4 Å². The second-order valence-electron chi connectivity index (χ2n) is 5.88. The summed E-state index contributed by atoms with van der Waals surface area (Å²) in [5, 5.41) is 5.46. The Morgan fingerprint density at radius 3 is 2.46 bits per heavy atom. The summed E-state index contributed by atoms with van der Waals surface area (Å²) >= 11 is 1.43. The molecule has 24 heavy (non-hydrogen) atoms. The summed E-state index contributed by atoms with van der Waals surface area (Å²) < 4.78 is 0. The van der Waals surface area contributed by atoms with Gasteiger partial charge in [-0.05, 0) is 49.6 Å². The molecule has 5 heteroatoms. The van der Waals surface area contributed by atoms with Gasteiger partial charge in [0.15, 0.2) is 5.13 Å². The van der Waals surface area contributed by atoms with Crippen LogP contribution in [-0.2, 0) is 11.2 Å². The minimum atomic E-state index is -0.0410. The Balaban J connectivity index is 1.71. The van der Waals surface area contributed by atoms with Crippen molar-refractivity contribution in [2.75, 3.05) is 5.32 Å². The van der Waals surface area contributed by atoms with Crippen LogP contribution in [0.2, 0.25) is 0 Å². The highest BCUT2D eigenvalue weighted by Crippen LogP contribution is 2.24. The Morgan fingerprint density at radius 2 is 1.79 bits per heavy atom. The first-order valence-corrected chi connectivity index (χ1v) is 8.63. The number of hydrogen-bond donors (Lipinski definition) is 1. The quantitative estimate of drug-likeness (QED) is 0.772. The largest absolute Gasteiger partial charge is 0.302 e. The molecule has 0 atom stereocenters. The number of aromatic nitrogens is 2. The van der Waals surface area contributed by atoms with Crippen LogP contribution in [-0.4, -0.2) is 15.9 Å². The van der Waals surface area contributed by atoms with Gasteiger partial charge in [0.05, 0.1) is 12.1 Å². The first kappa shape index (κ1) is 16.3. The number of benzene rings is 1. The lowest BCUT2D eigenvalue weighted by Gasteiger charge is -2.10. The summed E-state index contributed by atoms with van der Waals surface area (Å²) in [5.74, 6) is -0.0410. The predicted molar refractivity (Wildman–Crippen MR) is 98.3 cm³/mol. The smallest absolute Gasteiger partial charge is 0.230 e. The number of aryl methyl sites for hydroxylation is 3. The van der Waals surface area contributed by atoms with E-state index in [1.165, 1.54) is 16.9 Å². The van der Waals surface area contributed by atoms with Crippen LogP contribution in [0.1, 0.15) is 22.3 Å². The number of hydrogen-bond acceptors (Lipinski definition) is 4. The molecule has 1 N–H and O–H groups in total. The van der Waals surface area contributed by atoms with E-state index in [1.54, 1.807) is 12.4 Å². The normalized spacial score (nSPS) is 10.6. The maximum atomic E-state index is 12.4. The fourth-order valence-corrected chi connectivity index (χ4v) is 3.54. The molecule has 0 radical (unpaired) electrons. The first-order valence-electron chi connectivity index (χ1n) is 7.75. The molecular weight excluding hydrogens is 318 g/mol. The predicted octanol–water partition coefficient (Wildman–Crippen LogP) is 4.31. The molecule has 3 rings (SSSR count). The summed E-state index contributed by atoms with van der Waals surface area (Å²) in [7, 11) is 0. The van der Waals surface area contributed by atoms with Crippen LogP contribution in [0.3, 0.4) is 0 Å². The average Bonchev–Trinajstić information content (AvgIpc) is 3.00. The van der Waals surface area contributed by atoms with Crippen molar-refractivity contribution in [2.45, 2.75) is 27.2 Å². The van der Waals surface area contributed by atoms with Crippen LogP contribution in [0.15, 0.2) is 42.0 Å². The van der Waals surface area contributed by atoms with E-state index >= 15 is 0 Å². The number of pyridine rings is 1. The van der Waals surface area contributed by atoms with Crippen molar-refractivity contribution < 1.29 is 4.79 Å². The Bertz CT molecular complexity index is 848. The molecule has 2 aromatic heterocycles. The molecule has 0 aliphatic rings. The monoisotopic (exact) mass is 337 g/mol. The minimum Gasteiger partial charge on any atom is -0.302 e. The number of carbonyl (C=O) groups is 1. The van der Waals surface area contributed by atoms with Gasteiger partial charge in [0.25, 0.3) is 0 Å². The van der Waals surface area contributed by atoms with E-state index in [0.29, 0.717) is 11.6 Å². The number of anilines is 1. The van der Waals surface area contributed by atoms with Crippen molar-refractivity contribution in [1.82, 2.24) is 9.97 Å². The van der Waals surface area contributed by atoms with Crippen LogP contribution >= 0.6 is 11.3 Å². The molecule has 1 amide bonds. The number of carbonyl (C=O) groups excluding carboxylic acids is 1. The van der Waals surface area contributed by atoms with Crippen molar-refractivity contribution in [1.29, 1.82) is 0 Å². The van der Waals surface area contributed by atoms with Gasteiger partial charge < -0.3 is 5.32 Å². The number of nitrogens with zero attached hydrogens (tertiary/aromatic N) is 2. The minimum absolute atomic E-state index is 0.0410. The van der Waals surface area contributed by atoms with Gasteiger partial charge in [-0.25, -0.2) is 4.98 Å². The highest BCUT2D eigenvalue weighted by Gasteiger charge is 2.12. The van der Waals surface area contributed by atoms with Crippen molar-refractivity contribution in [3.05, 3.63) is 64.3 Å². The molecule has 0 unspecified atom stereocenters. The third kappa shape index (κ3) is 3.68. The summed E-state index contributed by atoms with van der Waals surface area (Å²) in [6, 6.07) is 8.03. The SMILES string of the molecule is Cc1cc(C)c(CC(=O)Nc2nc(-c3ccncc3)cs2)c(C)c1. The van der Waals surface area contributed by atoms with Crippen LogP contribution in [0.5, 0.6) is 0 Å². The molecule has 0 aliphatic heterocycles. The van der Waals surface area contributed by atoms with Gasteiger partial charge in [-0.1, -0.05) is 17.7 Å². The second kappa shape index (κ2) is 6.93. The topological polar surface area (TPSA) is 54.9 Å². The van der Waals surface area contributed by atoms with Gasteiger partial charge >= 0.3 is 0 Å². The van der Waals surface area contributed by atoms with E-state index in [9.17, 15) is 4.79 Å². The standard InChI is InChI=1S/C19H19N3OS/c1-12-8-13(2)16(14(3)9-12)10-18(23)22-19-21-17(11-24-19)15-4-6-20-7-5-15/h4-9,11H,10H2,1-3H3,(H,21,22,23). The van der Waals surface area contributed by atoms with Gasteiger partial charge in [0.2, 0.25) is 5.91 Å². The van der Waals surface area contributed by atoms with E-state index in [4.69, 9.17) is 0 Å². The zero-order valence-corrected chi connectivity index (χ0v) is 14.8. The van der Waals surface area contributed by atoms with Crippen molar-refractivity contribution in [3.8, 4) is 11.3 Å². The third-order valence-electron chi connectivity index (χ3n) is 3.90. The molecular formula is C19H19N3OS. The molecule has 0 aliphatic carbocycles. The zero-order chi connectivity index (χ0) is 17.1. The second-order valence-corrected chi connectivity index (χ2v) is 6.73. The Hall–Kier alpha value is -2.53. The fourth-order valence-electron chi connectivity index (χ4n) is 2.80. The van der Waals surface area contributed by atoms with Gasteiger partial charge in [0, 0.05) is 23.3 Å². The molecule has 2 heterocycles. The molecule has 0 fully saturated rings. The van der Waals surface area contributed by atoms with E-state index in [-0.39, 0.29) is 5.91 Å². The van der Waals surface area contributed by atoms with E-state index < -0.39 is 0 Å². The van der Waals surface area contributed by atoms with E-state index in [2.05, 4.69) is 34.3 Å². The van der Waals surface area contributed by atoms with Crippen molar-refractivity contribution in [3.63, 3.8) is 0 Å². The number of nitrogens with one attached hydrogen (secondary N) is 1. The molecule has 0 bridgehead atoms. The highest BCUT2D eigenvalue weighted by molar-refractivity contribution is 7.14. The third-order valence-corrected chi connectivity index (χ3v) is 4.66. The van der Waals surface area contributed by atoms with Gasteiger partial charge in [-0.3, -0.25) is 9.78 Å². The average molecular weight is 337 g/mol. The maximum Gasteiger partial charge on any atom is 0.230 e. The van der Waals surface area contributed by atoms with Crippen LogP contribution < -0.4 is 5.32 Å². The molecule has 1 aromatic carbocycles. The van der Waals surface area contributed by atoms with Crippen molar-refractivity contribution in [2.24, 2.45) is 0 Å². The molecule has 122 valence electrons. The number of amides is 1. The lowest BCUT2D eigenvalue weighted by Crippen LogP contribution is -2.15. The number of thiazole rings is 1. The molecule has 0 spiro atoms. The summed E-state index contributed by atoms with van der Waals surface area (Å²) in [6.07, 6.45) is 3.83. The molecule has 3 aromatic rings. The number of rotatable bonds is 4. The van der Waals surface area contributed by atoms with Crippen LogP contribution in [0, 0.1) is 20.8 Å². The van der Waals surface area contributed by atoms with Gasteiger partial charge in [-0.15, -0.1) is 11.3 Å². The Kier molecular flexibility index (Phi) is 4.71. The molecule has 4 nitrogen and oxygen atoms in total. The Morgan fingerprint density at radius 1 is 1.12 bits per heavy atom. The van der Waals surface area contributed by atoms with Gasteiger partial charge in [-0.2, -0.15) is 0 Å². The molecule has 0 saturated heterocycles. The summed E-state index contributed by atoms with van der Waals surface area (Å²) in [5.41, 5.74) is 6.45.